The maximum Gasteiger partial charge on any atom is 0.405 e. The second-order valence-electron chi connectivity index (χ2n) is 6.10. The second kappa shape index (κ2) is 7.10. The zero-order chi connectivity index (χ0) is 18.8. The number of rotatable bonds is 4. The number of nitrogens with zero attached hydrogens (tertiary/aromatic N) is 3. The standard InChI is InChI=1S/C16H17F3N4O2S/c17-16(18,19)10-21-14(25)15(23-7-4-20-11-23)2-5-22(6-3-15)13(24)12-1-8-26-9-12/h1,4,7-9,11H,2-3,5-6,10H2,(H,21,25). The lowest BCUT2D eigenvalue weighted by molar-refractivity contribution is -0.145. The zero-order valence-electron chi connectivity index (χ0n) is 13.7. The molecule has 1 aliphatic rings. The van der Waals surface area contributed by atoms with Crippen molar-refractivity contribution in [1.29, 1.82) is 0 Å². The number of piperidine rings is 1. The molecule has 3 rings (SSSR count). The van der Waals surface area contributed by atoms with E-state index in [0.29, 0.717) is 5.56 Å². The molecule has 26 heavy (non-hydrogen) atoms. The molecule has 10 heteroatoms. The van der Waals surface area contributed by atoms with Gasteiger partial charge in [-0.25, -0.2) is 4.98 Å². The Morgan fingerprint density at radius 3 is 2.58 bits per heavy atom. The highest BCUT2D eigenvalue weighted by molar-refractivity contribution is 7.08. The van der Waals surface area contributed by atoms with Crippen molar-refractivity contribution in [3.05, 3.63) is 41.1 Å². The Morgan fingerprint density at radius 1 is 1.31 bits per heavy atom. The number of hydrogen-bond acceptors (Lipinski definition) is 4. The van der Waals surface area contributed by atoms with Crippen LogP contribution in [0.15, 0.2) is 35.5 Å². The minimum atomic E-state index is -4.48. The minimum Gasteiger partial charge on any atom is -0.345 e. The van der Waals surface area contributed by atoms with E-state index in [1.165, 1.54) is 28.4 Å². The summed E-state index contributed by atoms with van der Waals surface area (Å²) in [5.74, 6) is -0.850. The molecule has 1 fully saturated rings. The van der Waals surface area contributed by atoms with Gasteiger partial charge in [0.15, 0.2) is 0 Å². The van der Waals surface area contributed by atoms with Gasteiger partial charge in [0, 0.05) is 30.9 Å². The van der Waals surface area contributed by atoms with Crippen LogP contribution >= 0.6 is 11.3 Å². The summed E-state index contributed by atoms with van der Waals surface area (Å²) >= 11 is 1.41. The first-order chi connectivity index (χ1) is 12.3. The number of carbonyl (C=O) groups is 2. The number of imidazole rings is 1. The van der Waals surface area contributed by atoms with Crippen molar-refractivity contribution in [3.8, 4) is 0 Å². The summed E-state index contributed by atoms with van der Waals surface area (Å²) in [6.45, 7) is -0.849. The maximum atomic E-state index is 12.6. The van der Waals surface area contributed by atoms with Crippen LogP contribution in [0, 0.1) is 0 Å². The molecule has 0 radical (unpaired) electrons. The molecule has 1 aliphatic heterocycles. The minimum absolute atomic E-state index is 0.138. The molecule has 0 aliphatic carbocycles. The molecule has 2 aromatic rings. The van der Waals surface area contributed by atoms with Gasteiger partial charge in [0.25, 0.3) is 5.91 Å². The molecule has 0 atom stereocenters. The summed E-state index contributed by atoms with van der Waals surface area (Å²) in [4.78, 5) is 30.6. The van der Waals surface area contributed by atoms with E-state index in [9.17, 15) is 22.8 Å². The van der Waals surface area contributed by atoms with Gasteiger partial charge >= 0.3 is 6.18 Å². The summed E-state index contributed by atoms with van der Waals surface area (Å²) in [6.07, 6.45) is 0.391. The highest BCUT2D eigenvalue weighted by atomic mass is 32.1. The molecule has 0 aromatic carbocycles. The van der Waals surface area contributed by atoms with Gasteiger partial charge in [-0.1, -0.05) is 0 Å². The van der Waals surface area contributed by atoms with E-state index in [4.69, 9.17) is 0 Å². The van der Waals surface area contributed by atoms with Crippen LogP contribution < -0.4 is 5.32 Å². The smallest absolute Gasteiger partial charge is 0.345 e. The Morgan fingerprint density at radius 2 is 2.04 bits per heavy atom. The maximum absolute atomic E-state index is 12.6. The number of likely N-dealkylation sites (tertiary alicyclic amines) is 1. The van der Waals surface area contributed by atoms with Gasteiger partial charge in [-0.05, 0) is 24.3 Å². The van der Waals surface area contributed by atoms with E-state index in [2.05, 4.69) is 4.98 Å². The van der Waals surface area contributed by atoms with Gasteiger partial charge in [-0.15, -0.1) is 0 Å². The normalized spacial score (nSPS) is 17.1. The number of nitrogens with one attached hydrogen (secondary N) is 1. The first-order valence-corrected chi connectivity index (χ1v) is 8.91. The molecule has 3 heterocycles. The summed E-state index contributed by atoms with van der Waals surface area (Å²) < 4.78 is 39.0. The van der Waals surface area contributed by atoms with Crippen LogP contribution in [-0.2, 0) is 10.3 Å². The van der Waals surface area contributed by atoms with E-state index in [-0.39, 0.29) is 31.8 Å². The van der Waals surface area contributed by atoms with Crippen LogP contribution in [0.1, 0.15) is 23.2 Å². The van der Waals surface area contributed by atoms with Crippen molar-refractivity contribution in [2.24, 2.45) is 0 Å². The lowest BCUT2D eigenvalue weighted by Gasteiger charge is -2.41. The topological polar surface area (TPSA) is 67.2 Å². The number of amides is 2. The van der Waals surface area contributed by atoms with Crippen molar-refractivity contribution >= 4 is 23.2 Å². The molecule has 0 unspecified atom stereocenters. The lowest BCUT2D eigenvalue weighted by atomic mass is 9.85. The fraction of sp³-hybridized carbons (Fsp3) is 0.438. The van der Waals surface area contributed by atoms with Gasteiger partial charge in [0.05, 0.1) is 11.9 Å². The van der Waals surface area contributed by atoms with Crippen LogP contribution in [0.4, 0.5) is 13.2 Å². The fourth-order valence-corrected chi connectivity index (χ4v) is 3.74. The highest BCUT2D eigenvalue weighted by Crippen LogP contribution is 2.31. The first-order valence-electron chi connectivity index (χ1n) is 7.97. The summed E-state index contributed by atoms with van der Waals surface area (Å²) in [5.41, 5.74) is -0.612. The number of carbonyl (C=O) groups excluding carboxylic acids is 2. The van der Waals surface area contributed by atoms with Crippen molar-refractivity contribution < 1.29 is 22.8 Å². The van der Waals surface area contributed by atoms with Gasteiger partial charge in [0.1, 0.15) is 12.1 Å². The Bertz CT molecular complexity index is 751. The molecule has 0 saturated carbocycles. The summed E-state index contributed by atoms with van der Waals surface area (Å²) in [5, 5.41) is 5.53. The van der Waals surface area contributed by atoms with Crippen LogP contribution in [0.5, 0.6) is 0 Å². The molecule has 1 saturated heterocycles. The first kappa shape index (κ1) is 18.4. The lowest BCUT2D eigenvalue weighted by Crippen LogP contribution is -2.56. The van der Waals surface area contributed by atoms with Gasteiger partial charge in [0.2, 0.25) is 5.91 Å². The average Bonchev–Trinajstić information content (AvgIpc) is 3.31. The van der Waals surface area contributed by atoms with Crippen LogP contribution in [-0.4, -0.2) is 52.1 Å². The van der Waals surface area contributed by atoms with Crippen LogP contribution in [0.3, 0.4) is 0 Å². The Kier molecular flexibility index (Phi) is 5.03. The third kappa shape index (κ3) is 3.74. The van der Waals surface area contributed by atoms with E-state index >= 15 is 0 Å². The number of thiophene rings is 1. The number of hydrogen-bond donors (Lipinski definition) is 1. The summed E-state index contributed by atoms with van der Waals surface area (Å²) in [6, 6.07) is 1.72. The van der Waals surface area contributed by atoms with Gasteiger partial charge < -0.3 is 14.8 Å². The molecular formula is C16H17F3N4O2S. The predicted molar refractivity (Wildman–Crippen MR) is 88.7 cm³/mol. The molecule has 1 N–H and O–H groups in total. The number of aromatic nitrogens is 2. The molecule has 0 bridgehead atoms. The number of alkyl halides is 3. The third-order valence-electron chi connectivity index (χ3n) is 4.52. The van der Waals surface area contributed by atoms with Crippen molar-refractivity contribution in [2.75, 3.05) is 19.6 Å². The van der Waals surface area contributed by atoms with E-state index in [0.717, 1.165) is 0 Å². The molecule has 140 valence electrons. The predicted octanol–water partition coefficient (Wildman–Crippen LogP) is 2.25. The zero-order valence-corrected chi connectivity index (χ0v) is 14.5. The highest BCUT2D eigenvalue weighted by Gasteiger charge is 2.44. The molecule has 0 spiro atoms. The second-order valence-corrected chi connectivity index (χ2v) is 6.88. The molecule has 2 aromatic heterocycles. The Labute approximate surface area is 151 Å². The summed E-state index contributed by atoms with van der Waals surface area (Å²) in [7, 11) is 0. The molecule has 6 nitrogen and oxygen atoms in total. The van der Waals surface area contributed by atoms with E-state index < -0.39 is 24.2 Å². The van der Waals surface area contributed by atoms with E-state index in [1.807, 2.05) is 5.32 Å². The Hall–Kier alpha value is -2.36. The molecule has 2 amide bonds. The number of halogens is 3. The van der Waals surface area contributed by atoms with Gasteiger partial charge in [-0.3, -0.25) is 9.59 Å². The molecular weight excluding hydrogens is 369 g/mol. The van der Waals surface area contributed by atoms with Crippen LogP contribution in [0.25, 0.3) is 0 Å². The Balaban J connectivity index is 1.75. The van der Waals surface area contributed by atoms with Crippen LogP contribution in [0.2, 0.25) is 0 Å². The van der Waals surface area contributed by atoms with E-state index in [1.54, 1.807) is 27.9 Å². The SMILES string of the molecule is O=C(c1ccsc1)N1CCC(C(=O)NCC(F)(F)F)(n2ccnc2)CC1. The fourth-order valence-electron chi connectivity index (χ4n) is 3.11. The van der Waals surface area contributed by atoms with Gasteiger partial charge in [-0.2, -0.15) is 24.5 Å². The quantitative estimate of drug-likeness (QED) is 0.877. The largest absolute Gasteiger partial charge is 0.405 e. The third-order valence-corrected chi connectivity index (χ3v) is 5.20. The van der Waals surface area contributed by atoms with Crippen molar-refractivity contribution in [1.82, 2.24) is 19.8 Å². The van der Waals surface area contributed by atoms with Crippen molar-refractivity contribution in [3.63, 3.8) is 0 Å². The van der Waals surface area contributed by atoms with Crippen molar-refractivity contribution in [2.45, 2.75) is 24.6 Å². The monoisotopic (exact) mass is 386 g/mol. The average molecular weight is 386 g/mol.